The topological polar surface area (TPSA) is 72.5 Å². The third-order valence-corrected chi connectivity index (χ3v) is 4.36. The van der Waals surface area contributed by atoms with Gasteiger partial charge in [-0.25, -0.2) is 9.78 Å². The smallest absolute Gasteiger partial charge is 0.319 e. The van der Waals surface area contributed by atoms with Crippen molar-refractivity contribution in [3.8, 4) is 5.75 Å². The molecule has 7 heteroatoms. The number of ether oxygens (including phenoxy) is 2. The van der Waals surface area contributed by atoms with Gasteiger partial charge in [-0.15, -0.1) is 11.3 Å². The summed E-state index contributed by atoms with van der Waals surface area (Å²) in [5.41, 5.74) is 3.51. The van der Waals surface area contributed by atoms with Crippen molar-refractivity contribution in [3.05, 3.63) is 40.8 Å². The van der Waals surface area contributed by atoms with Gasteiger partial charge in [0, 0.05) is 30.6 Å². The van der Waals surface area contributed by atoms with Crippen LogP contribution in [0.15, 0.2) is 35.2 Å². The number of hydrogen-bond acceptors (Lipinski definition) is 5. The summed E-state index contributed by atoms with van der Waals surface area (Å²) in [6.45, 7) is 1.95. The van der Waals surface area contributed by atoms with Gasteiger partial charge in [0.15, 0.2) is 0 Å². The zero-order valence-corrected chi connectivity index (χ0v) is 14.2. The van der Waals surface area contributed by atoms with E-state index in [1.54, 1.807) is 16.8 Å². The van der Waals surface area contributed by atoms with Crippen LogP contribution < -0.4 is 15.4 Å². The molecule has 1 fully saturated rings. The largest absolute Gasteiger partial charge is 0.491 e. The third-order valence-electron chi connectivity index (χ3n) is 3.72. The number of aromatic nitrogens is 1. The van der Waals surface area contributed by atoms with Crippen molar-refractivity contribution in [2.24, 2.45) is 0 Å². The van der Waals surface area contributed by atoms with E-state index >= 15 is 0 Å². The SMILES string of the molecule is O=C(NCCc1cscn1)Nc1ccc(OC[C@@H]2CCCO2)cc1. The van der Waals surface area contributed by atoms with Crippen LogP contribution in [0.5, 0.6) is 5.75 Å². The van der Waals surface area contributed by atoms with Crippen molar-refractivity contribution >= 4 is 23.1 Å². The van der Waals surface area contributed by atoms with Crippen molar-refractivity contribution in [1.82, 2.24) is 10.3 Å². The number of nitrogens with one attached hydrogen (secondary N) is 2. The van der Waals surface area contributed by atoms with Crippen LogP contribution in [0.1, 0.15) is 18.5 Å². The van der Waals surface area contributed by atoms with Crippen LogP contribution in [0.3, 0.4) is 0 Å². The van der Waals surface area contributed by atoms with Crippen LogP contribution in [-0.4, -0.2) is 36.9 Å². The van der Waals surface area contributed by atoms with Crippen LogP contribution in [0.2, 0.25) is 0 Å². The Balaban J connectivity index is 1.37. The molecule has 0 aliphatic carbocycles. The molecular weight excluding hydrogens is 326 g/mol. The van der Waals surface area contributed by atoms with E-state index in [4.69, 9.17) is 9.47 Å². The molecule has 24 heavy (non-hydrogen) atoms. The summed E-state index contributed by atoms with van der Waals surface area (Å²) in [5.74, 6) is 0.778. The minimum Gasteiger partial charge on any atom is -0.491 e. The maximum Gasteiger partial charge on any atom is 0.319 e. The molecule has 6 nitrogen and oxygen atoms in total. The zero-order chi connectivity index (χ0) is 16.6. The van der Waals surface area contributed by atoms with Crippen LogP contribution in [0.25, 0.3) is 0 Å². The van der Waals surface area contributed by atoms with Gasteiger partial charge in [-0.2, -0.15) is 0 Å². The quantitative estimate of drug-likeness (QED) is 0.807. The van der Waals surface area contributed by atoms with Crippen molar-refractivity contribution in [3.63, 3.8) is 0 Å². The molecule has 2 heterocycles. The number of urea groups is 1. The minimum absolute atomic E-state index is 0.200. The molecule has 0 saturated carbocycles. The number of thiazole rings is 1. The lowest BCUT2D eigenvalue weighted by Crippen LogP contribution is -2.30. The first kappa shape index (κ1) is 16.7. The summed E-state index contributed by atoms with van der Waals surface area (Å²) in [6, 6.07) is 7.12. The molecule has 0 spiro atoms. The summed E-state index contributed by atoms with van der Waals surface area (Å²) < 4.78 is 11.2. The standard InChI is InChI=1S/C17H21N3O3S/c21-17(18-8-7-14-11-24-12-19-14)20-13-3-5-15(6-4-13)23-10-16-2-1-9-22-16/h3-6,11-12,16H,1-2,7-10H2,(H2,18,20,21)/t16-/m0/s1. The lowest BCUT2D eigenvalue weighted by Gasteiger charge is -2.12. The van der Waals surface area contributed by atoms with E-state index in [0.717, 1.165) is 43.0 Å². The van der Waals surface area contributed by atoms with Crippen molar-refractivity contribution < 1.29 is 14.3 Å². The summed E-state index contributed by atoms with van der Waals surface area (Å²) in [6.07, 6.45) is 3.09. The van der Waals surface area contributed by atoms with Gasteiger partial charge in [0.2, 0.25) is 0 Å². The van der Waals surface area contributed by atoms with Crippen LogP contribution in [0.4, 0.5) is 10.5 Å². The fourth-order valence-electron chi connectivity index (χ4n) is 2.44. The first-order valence-electron chi connectivity index (χ1n) is 8.06. The van der Waals surface area contributed by atoms with Gasteiger partial charge in [-0.1, -0.05) is 0 Å². The van der Waals surface area contributed by atoms with E-state index in [1.165, 1.54) is 0 Å². The molecule has 0 unspecified atom stereocenters. The second-order valence-electron chi connectivity index (χ2n) is 5.58. The Bertz CT molecular complexity index is 625. The third kappa shape index (κ3) is 5.21. The Labute approximate surface area is 145 Å². The summed E-state index contributed by atoms with van der Waals surface area (Å²) in [5, 5.41) is 7.59. The number of anilines is 1. The van der Waals surface area contributed by atoms with Gasteiger partial charge < -0.3 is 20.1 Å². The molecule has 0 radical (unpaired) electrons. The van der Waals surface area contributed by atoms with Crippen LogP contribution >= 0.6 is 11.3 Å². The maximum absolute atomic E-state index is 11.8. The predicted octanol–water partition coefficient (Wildman–Crippen LogP) is 3.07. The Morgan fingerprint density at radius 1 is 1.38 bits per heavy atom. The number of hydrogen-bond donors (Lipinski definition) is 2. The molecular formula is C17H21N3O3S. The summed E-state index contributed by atoms with van der Waals surface area (Å²) in [4.78, 5) is 16.0. The van der Waals surface area contributed by atoms with Crippen molar-refractivity contribution in [1.29, 1.82) is 0 Å². The van der Waals surface area contributed by atoms with Crippen molar-refractivity contribution in [2.45, 2.75) is 25.4 Å². The van der Waals surface area contributed by atoms with E-state index in [0.29, 0.717) is 13.2 Å². The van der Waals surface area contributed by atoms with Crippen molar-refractivity contribution in [2.75, 3.05) is 25.1 Å². The lowest BCUT2D eigenvalue weighted by molar-refractivity contribution is 0.0679. The molecule has 1 saturated heterocycles. The molecule has 0 bridgehead atoms. The van der Waals surface area contributed by atoms with Gasteiger partial charge in [0.05, 0.1) is 17.3 Å². The average molecular weight is 347 g/mol. The predicted molar refractivity (Wildman–Crippen MR) is 93.8 cm³/mol. The minimum atomic E-state index is -0.224. The van der Waals surface area contributed by atoms with E-state index in [9.17, 15) is 4.79 Å². The zero-order valence-electron chi connectivity index (χ0n) is 13.4. The lowest BCUT2D eigenvalue weighted by atomic mass is 10.2. The normalized spacial score (nSPS) is 16.8. The van der Waals surface area contributed by atoms with E-state index in [2.05, 4.69) is 15.6 Å². The highest BCUT2D eigenvalue weighted by molar-refractivity contribution is 7.07. The van der Waals surface area contributed by atoms with Crippen LogP contribution in [0, 0.1) is 0 Å². The molecule has 1 aromatic heterocycles. The first-order valence-corrected chi connectivity index (χ1v) is 9.00. The second-order valence-corrected chi connectivity index (χ2v) is 6.30. The molecule has 1 aliphatic heterocycles. The monoisotopic (exact) mass is 347 g/mol. The number of benzene rings is 1. The number of rotatable bonds is 7. The fourth-order valence-corrected chi connectivity index (χ4v) is 3.03. The Morgan fingerprint density at radius 3 is 2.96 bits per heavy atom. The second kappa shape index (κ2) is 8.65. The number of amides is 2. The van der Waals surface area contributed by atoms with E-state index in [-0.39, 0.29) is 12.1 Å². The van der Waals surface area contributed by atoms with E-state index < -0.39 is 0 Å². The van der Waals surface area contributed by atoms with Crippen LogP contribution in [-0.2, 0) is 11.2 Å². The average Bonchev–Trinajstić information content (AvgIpc) is 3.28. The first-order chi connectivity index (χ1) is 11.8. The number of carbonyl (C=O) groups excluding carboxylic acids is 1. The van der Waals surface area contributed by atoms with Gasteiger partial charge >= 0.3 is 6.03 Å². The Hall–Kier alpha value is -2.12. The highest BCUT2D eigenvalue weighted by atomic mass is 32.1. The summed E-state index contributed by atoms with van der Waals surface area (Å²) in [7, 11) is 0. The highest BCUT2D eigenvalue weighted by Gasteiger charge is 2.15. The van der Waals surface area contributed by atoms with Gasteiger partial charge in [-0.05, 0) is 37.1 Å². The molecule has 2 amide bonds. The Kier molecular flexibility index (Phi) is 6.03. The molecule has 3 rings (SSSR count). The van der Waals surface area contributed by atoms with Gasteiger partial charge in [0.25, 0.3) is 0 Å². The fraction of sp³-hybridized carbons (Fsp3) is 0.412. The molecule has 1 aliphatic rings. The number of nitrogens with zero attached hydrogens (tertiary/aromatic N) is 1. The van der Waals surface area contributed by atoms with Gasteiger partial charge in [0.1, 0.15) is 12.4 Å². The number of carbonyl (C=O) groups is 1. The molecule has 1 aromatic carbocycles. The molecule has 2 aromatic rings. The summed E-state index contributed by atoms with van der Waals surface area (Å²) >= 11 is 1.56. The molecule has 2 N–H and O–H groups in total. The molecule has 128 valence electrons. The van der Waals surface area contributed by atoms with Gasteiger partial charge in [-0.3, -0.25) is 0 Å². The molecule has 1 atom stereocenters. The maximum atomic E-state index is 11.8. The highest BCUT2D eigenvalue weighted by Crippen LogP contribution is 2.18. The van der Waals surface area contributed by atoms with E-state index in [1.807, 2.05) is 29.6 Å². The Morgan fingerprint density at radius 2 is 2.25 bits per heavy atom.